The Morgan fingerprint density at radius 2 is 1.86 bits per heavy atom. The normalized spacial score (nSPS) is 16.8. The van der Waals surface area contributed by atoms with Gasteiger partial charge in [0.2, 0.25) is 5.91 Å². The van der Waals surface area contributed by atoms with Gasteiger partial charge >= 0.3 is 11.9 Å². The van der Waals surface area contributed by atoms with Crippen LogP contribution in [0.2, 0.25) is 0 Å². The van der Waals surface area contributed by atoms with E-state index in [4.69, 9.17) is 0 Å². The van der Waals surface area contributed by atoms with Crippen LogP contribution >= 0.6 is 0 Å². The molecule has 1 saturated heterocycles. The highest BCUT2D eigenvalue weighted by molar-refractivity contribution is 5.78. The molecule has 2 aromatic rings. The average molecular weight is 399 g/mol. The zero-order valence-corrected chi connectivity index (χ0v) is 14.9. The fraction of sp³-hybridized carbons (Fsp3) is 0.471. The Morgan fingerprint density at radius 1 is 1.18 bits per heavy atom. The lowest BCUT2D eigenvalue weighted by Gasteiger charge is -2.35. The number of benzene rings is 1. The van der Waals surface area contributed by atoms with Crippen LogP contribution in [0.25, 0.3) is 10.9 Å². The second-order valence-corrected chi connectivity index (χ2v) is 6.51. The van der Waals surface area contributed by atoms with E-state index in [0.29, 0.717) is 23.2 Å². The van der Waals surface area contributed by atoms with Crippen LogP contribution in [0.5, 0.6) is 0 Å². The standard InChI is InChI=1S/C17H20F3N5O3/c18-17(19,20)13(24-7-5-21-6-8-24)9-22-14(26)10-25-15(27)11-3-1-2-4-12(11)23-16(25)28/h1-4,13,21H,5-10H2,(H,22,26)(H,23,28). The summed E-state index contributed by atoms with van der Waals surface area (Å²) in [7, 11) is 0. The maximum absolute atomic E-state index is 13.4. The van der Waals surface area contributed by atoms with Crippen LogP contribution in [0.3, 0.4) is 0 Å². The number of H-pyrrole nitrogens is 1. The smallest absolute Gasteiger partial charge is 0.353 e. The summed E-state index contributed by atoms with van der Waals surface area (Å²) in [6.45, 7) is -0.0217. The van der Waals surface area contributed by atoms with Gasteiger partial charge in [-0.3, -0.25) is 19.1 Å². The highest BCUT2D eigenvalue weighted by Crippen LogP contribution is 2.24. The van der Waals surface area contributed by atoms with Crippen molar-refractivity contribution in [2.75, 3.05) is 32.7 Å². The van der Waals surface area contributed by atoms with Crippen LogP contribution in [-0.2, 0) is 11.3 Å². The zero-order chi connectivity index (χ0) is 20.3. The summed E-state index contributed by atoms with van der Waals surface area (Å²) < 4.78 is 40.8. The summed E-state index contributed by atoms with van der Waals surface area (Å²) in [5.41, 5.74) is -1.15. The molecule has 1 aliphatic heterocycles. The third kappa shape index (κ3) is 4.42. The molecule has 2 heterocycles. The number of nitrogens with zero attached hydrogens (tertiary/aromatic N) is 2. The molecule has 1 aromatic heterocycles. The highest BCUT2D eigenvalue weighted by Gasteiger charge is 2.43. The number of rotatable bonds is 5. The minimum absolute atomic E-state index is 0.212. The number of halogens is 3. The van der Waals surface area contributed by atoms with Crippen molar-refractivity contribution in [3.63, 3.8) is 0 Å². The quantitative estimate of drug-likeness (QED) is 0.638. The van der Waals surface area contributed by atoms with E-state index in [-0.39, 0.29) is 18.5 Å². The Morgan fingerprint density at radius 3 is 2.54 bits per heavy atom. The molecule has 0 radical (unpaired) electrons. The molecule has 0 aliphatic carbocycles. The van der Waals surface area contributed by atoms with Gasteiger partial charge in [-0.15, -0.1) is 0 Å². The van der Waals surface area contributed by atoms with Crippen molar-refractivity contribution in [2.45, 2.75) is 18.8 Å². The first-order valence-electron chi connectivity index (χ1n) is 8.77. The van der Waals surface area contributed by atoms with Gasteiger partial charge < -0.3 is 15.6 Å². The lowest BCUT2D eigenvalue weighted by atomic mass is 10.2. The Hall–Kier alpha value is -2.66. The summed E-state index contributed by atoms with van der Waals surface area (Å²) in [6.07, 6.45) is -4.51. The van der Waals surface area contributed by atoms with Crippen LogP contribution in [0, 0.1) is 0 Å². The van der Waals surface area contributed by atoms with E-state index in [1.807, 2.05) is 0 Å². The Kier molecular flexibility index (Phi) is 5.84. The molecule has 1 aromatic carbocycles. The third-order valence-electron chi connectivity index (χ3n) is 4.65. The largest absolute Gasteiger partial charge is 0.405 e. The topological polar surface area (TPSA) is 99.2 Å². The second-order valence-electron chi connectivity index (χ2n) is 6.51. The number of amides is 1. The fourth-order valence-corrected chi connectivity index (χ4v) is 3.20. The molecule has 3 rings (SSSR count). The number of piperazine rings is 1. The molecule has 1 amide bonds. The average Bonchev–Trinajstić information content (AvgIpc) is 2.65. The van der Waals surface area contributed by atoms with Gasteiger partial charge in [0.15, 0.2) is 0 Å². The van der Waals surface area contributed by atoms with Gasteiger partial charge in [0.05, 0.1) is 10.9 Å². The van der Waals surface area contributed by atoms with Crippen molar-refractivity contribution >= 4 is 16.8 Å². The molecule has 0 spiro atoms. The Balaban J connectivity index is 1.72. The van der Waals surface area contributed by atoms with Crippen LogP contribution in [0.4, 0.5) is 13.2 Å². The molecule has 152 valence electrons. The molecule has 1 unspecified atom stereocenters. The first-order valence-corrected chi connectivity index (χ1v) is 8.77. The first-order chi connectivity index (χ1) is 13.3. The molecule has 0 saturated carbocycles. The van der Waals surface area contributed by atoms with Gasteiger partial charge in [0, 0.05) is 32.7 Å². The zero-order valence-electron chi connectivity index (χ0n) is 14.9. The van der Waals surface area contributed by atoms with E-state index in [2.05, 4.69) is 15.6 Å². The molecule has 1 atom stereocenters. The predicted molar refractivity (Wildman–Crippen MR) is 96.1 cm³/mol. The number of nitrogens with one attached hydrogen (secondary N) is 3. The Labute approximate surface area is 157 Å². The summed E-state index contributed by atoms with van der Waals surface area (Å²) in [5.74, 6) is -0.840. The maximum atomic E-state index is 13.4. The second kappa shape index (κ2) is 8.15. The van der Waals surface area contributed by atoms with Gasteiger partial charge in [-0.25, -0.2) is 4.79 Å². The van der Waals surface area contributed by atoms with Crippen molar-refractivity contribution < 1.29 is 18.0 Å². The number of alkyl halides is 3. The fourth-order valence-electron chi connectivity index (χ4n) is 3.20. The molecule has 0 bridgehead atoms. The highest BCUT2D eigenvalue weighted by atomic mass is 19.4. The number of aromatic amines is 1. The molecular weight excluding hydrogens is 379 g/mol. The van der Waals surface area contributed by atoms with Gasteiger partial charge in [-0.1, -0.05) is 12.1 Å². The summed E-state index contributed by atoms with van der Waals surface area (Å²) >= 11 is 0. The predicted octanol–water partition coefficient (Wildman–Crippen LogP) is -0.358. The van der Waals surface area contributed by atoms with Crippen molar-refractivity contribution in [3.05, 3.63) is 45.1 Å². The van der Waals surface area contributed by atoms with E-state index < -0.39 is 42.5 Å². The van der Waals surface area contributed by atoms with E-state index in [1.165, 1.54) is 11.0 Å². The van der Waals surface area contributed by atoms with Crippen molar-refractivity contribution in [2.24, 2.45) is 0 Å². The van der Waals surface area contributed by atoms with E-state index in [0.717, 1.165) is 0 Å². The number of aromatic nitrogens is 2. The SMILES string of the molecule is O=C(Cn1c(=O)[nH]c2ccccc2c1=O)NCC(N1CCNCC1)C(F)(F)F. The van der Waals surface area contributed by atoms with Crippen LogP contribution < -0.4 is 21.9 Å². The van der Waals surface area contributed by atoms with Crippen molar-refractivity contribution in [3.8, 4) is 0 Å². The number of carbonyl (C=O) groups excluding carboxylic acids is 1. The van der Waals surface area contributed by atoms with Gasteiger partial charge in [0.1, 0.15) is 12.6 Å². The first kappa shape index (κ1) is 20.1. The summed E-state index contributed by atoms with van der Waals surface area (Å²) in [4.78, 5) is 40.3. The monoisotopic (exact) mass is 399 g/mol. The lowest BCUT2D eigenvalue weighted by Crippen LogP contribution is -2.57. The number of carbonyl (C=O) groups is 1. The lowest BCUT2D eigenvalue weighted by molar-refractivity contribution is -0.184. The maximum Gasteiger partial charge on any atom is 0.405 e. The molecule has 3 N–H and O–H groups in total. The van der Waals surface area contributed by atoms with E-state index in [9.17, 15) is 27.6 Å². The minimum atomic E-state index is -4.51. The molecule has 28 heavy (non-hydrogen) atoms. The van der Waals surface area contributed by atoms with E-state index in [1.54, 1.807) is 18.2 Å². The number of hydrogen-bond donors (Lipinski definition) is 3. The van der Waals surface area contributed by atoms with Crippen LogP contribution in [0.1, 0.15) is 0 Å². The van der Waals surface area contributed by atoms with Gasteiger partial charge in [-0.05, 0) is 12.1 Å². The molecule has 11 heteroatoms. The summed E-state index contributed by atoms with van der Waals surface area (Å²) in [6, 6.07) is 4.46. The van der Waals surface area contributed by atoms with Gasteiger partial charge in [-0.2, -0.15) is 13.2 Å². The van der Waals surface area contributed by atoms with Crippen molar-refractivity contribution in [1.29, 1.82) is 0 Å². The van der Waals surface area contributed by atoms with Crippen LogP contribution in [-0.4, -0.2) is 65.3 Å². The minimum Gasteiger partial charge on any atom is -0.353 e. The molecule has 1 aliphatic rings. The summed E-state index contributed by atoms with van der Waals surface area (Å²) in [5, 5.41) is 5.39. The number of fused-ring (bicyclic) bond motifs is 1. The molecule has 8 nitrogen and oxygen atoms in total. The Bertz CT molecular complexity index is 963. The van der Waals surface area contributed by atoms with Gasteiger partial charge in [0.25, 0.3) is 5.56 Å². The molecule has 1 fully saturated rings. The molecular formula is C17H20F3N5O3. The van der Waals surface area contributed by atoms with Crippen LogP contribution in [0.15, 0.2) is 33.9 Å². The van der Waals surface area contributed by atoms with E-state index >= 15 is 0 Å². The number of para-hydroxylation sites is 1. The third-order valence-corrected chi connectivity index (χ3v) is 4.65. The van der Waals surface area contributed by atoms with Crippen molar-refractivity contribution in [1.82, 2.24) is 25.1 Å². The number of hydrogen-bond acceptors (Lipinski definition) is 5.